The van der Waals surface area contributed by atoms with Crippen molar-refractivity contribution in [3.63, 3.8) is 0 Å². The molecule has 2 aromatic heterocycles. The second-order valence-electron chi connectivity index (χ2n) is 5.28. The third-order valence-electron chi connectivity index (χ3n) is 3.73. The zero-order chi connectivity index (χ0) is 16.4. The Morgan fingerprint density at radius 2 is 2.00 bits per heavy atom. The van der Waals surface area contributed by atoms with Crippen LogP contribution in [0.2, 0.25) is 0 Å². The van der Waals surface area contributed by atoms with E-state index in [1.165, 1.54) is 0 Å². The number of aromatic nitrogens is 3. The van der Waals surface area contributed by atoms with Crippen LogP contribution in [0.3, 0.4) is 0 Å². The third kappa shape index (κ3) is 3.05. The Bertz CT molecular complexity index is 905. The number of carbonyl (C=O) groups is 1. The topological polar surface area (TPSA) is 75.7 Å². The first-order valence-corrected chi connectivity index (χ1v) is 8.38. The number of hydrogen-bond donors (Lipinski definition) is 2. The average Bonchev–Trinajstić information content (AvgIpc) is 3.07. The molecule has 3 rings (SSSR count). The maximum atomic E-state index is 12.2. The van der Waals surface area contributed by atoms with E-state index in [2.05, 4.69) is 10.3 Å². The van der Waals surface area contributed by atoms with Gasteiger partial charge in [0.2, 0.25) is 11.5 Å². The van der Waals surface area contributed by atoms with Crippen molar-refractivity contribution in [3.05, 3.63) is 46.0 Å². The van der Waals surface area contributed by atoms with E-state index >= 15 is 0 Å². The van der Waals surface area contributed by atoms with Gasteiger partial charge in [-0.05, 0) is 26.0 Å². The third-order valence-corrected chi connectivity index (χ3v) is 4.55. The molecule has 1 amide bonds. The first-order valence-electron chi connectivity index (χ1n) is 7.50. The van der Waals surface area contributed by atoms with E-state index in [1.54, 1.807) is 15.9 Å². The van der Waals surface area contributed by atoms with Crippen molar-refractivity contribution in [2.75, 3.05) is 0 Å². The molecule has 0 radical (unpaired) electrons. The molecular weight excluding hydrogens is 310 g/mol. The Morgan fingerprint density at radius 1 is 1.30 bits per heavy atom. The molecule has 0 saturated carbocycles. The molecule has 0 saturated heterocycles. The van der Waals surface area contributed by atoms with Crippen LogP contribution in [0.4, 0.5) is 0 Å². The summed E-state index contributed by atoms with van der Waals surface area (Å²) in [7, 11) is 0. The van der Waals surface area contributed by atoms with Crippen LogP contribution in [0.25, 0.3) is 11.0 Å². The normalized spacial score (nSPS) is 11.0. The van der Waals surface area contributed by atoms with Gasteiger partial charge in [0.15, 0.2) is 0 Å². The van der Waals surface area contributed by atoms with Crippen LogP contribution in [0.1, 0.15) is 17.6 Å². The summed E-state index contributed by atoms with van der Waals surface area (Å²) in [6.07, 6.45) is 0. The number of hydrogen-bond acceptors (Lipinski definition) is 4. The minimum Gasteiger partial charge on any atom is -0.349 e. The average molecular weight is 329 g/mol. The number of rotatable bonds is 5. The van der Waals surface area contributed by atoms with Crippen LogP contribution in [-0.2, 0) is 24.4 Å². The van der Waals surface area contributed by atoms with Gasteiger partial charge in [0.1, 0.15) is 6.54 Å². The van der Waals surface area contributed by atoms with Crippen molar-refractivity contribution in [2.24, 2.45) is 0 Å². The van der Waals surface area contributed by atoms with Crippen LogP contribution < -0.4 is 10.9 Å². The van der Waals surface area contributed by atoms with E-state index in [-0.39, 0.29) is 12.5 Å². The molecule has 0 fully saturated rings. The molecule has 3 aromatic rings. The summed E-state index contributed by atoms with van der Waals surface area (Å²) in [6.45, 7) is 5.20. The molecule has 0 aliphatic rings. The van der Waals surface area contributed by atoms with Gasteiger partial charge in [0.05, 0.1) is 28.3 Å². The fraction of sp³-hybridized carbons (Fsp3) is 0.312. The van der Waals surface area contributed by atoms with Crippen LogP contribution in [0.15, 0.2) is 29.6 Å². The molecular formula is C16H19N5OS. The lowest BCUT2D eigenvalue weighted by Crippen LogP contribution is -2.33. The predicted molar refractivity (Wildman–Crippen MR) is 90.2 cm³/mol. The lowest BCUT2D eigenvalue weighted by Gasteiger charge is -2.05. The number of nitrogens with one attached hydrogen (secondary N) is 2. The van der Waals surface area contributed by atoms with Gasteiger partial charge in [0, 0.05) is 11.9 Å². The summed E-state index contributed by atoms with van der Waals surface area (Å²) in [5.74, 6) is -0.117. The SMILES string of the molecule is CCn1c(=N)n(CC(=O)NCc2csc(C)n2)c2ccccc21. The van der Waals surface area contributed by atoms with Gasteiger partial charge in [-0.25, -0.2) is 4.98 Å². The maximum absolute atomic E-state index is 12.2. The lowest BCUT2D eigenvalue weighted by atomic mass is 10.3. The van der Waals surface area contributed by atoms with E-state index in [9.17, 15) is 4.79 Å². The van der Waals surface area contributed by atoms with Crippen LogP contribution >= 0.6 is 11.3 Å². The highest BCUT2D eigenvalue weighted by Crippen LogP contribution is 2.12. The molecule has 23 heavy (non-hydrogen) atoms. The summed E-state index contributed by atoms with van der Waals surface area (Å²) >= 11 is 1.57. The summed E-state index contributed by atoms with van der Waals surface area (Å²) in [5, 5.41) is 14.1. The molecule has 0 bridgehead atoms. The minimum absolute atomic E-state index is 0.117. The molecule has 120 valence electrons. The highest BCUT2D eigenvalue weighted by Gasteiger charge is 2.12. The van der Waals surface area contributed by atoms with Crippen molar-refractivity contribution in [1.29, 1.82) is 5.41 Å². The second kappa shape index (κ2) is 6.37. The summed E-state index contributed by atoms with van der Waals surface area (Å²) in [6, 6.07) is 7.79. The van der Waals surface area contributed by atoms with Crippen molar-refractivity contribution >= 4 is 28.3 Å². The zero-order valence-electron chi connectivity index (χ0n) is 13.2. The quantitative estimate of drug-likeness (QED) is 0.751. The van der Waals surface area contributed by atoms with Gasteiger partial charge in [-0.3, -0.25) is 10.2 Å². The second-order valence-corrected chi connectivity index (χ2v) is 6.34. The maximum Gasteiger partial charge on any atom is 0.240 e. The number of carbonyl (C=O) groups excluding carboxylic acids is 1. The van der Waals surface area contributed by atoms with Crippen molar-refractivity contribution in [3.8, 4) is 0 Å². The minimum atomic E-state index is -0.117. The number of thiazole rings is 1. The molecule has 0 aliphatic carbocycles. The molecule has 6 nitrogen and oxygen atoms in total. The Balaban J connectivity index is 1.79. The Morgan fingerprint density at radius 3 is 2.61 bits per heavy atom. The fourth-order valence-electron chi connectivity index (χ4n) is 2.65. The van der Waals surface area contributed by atoms with Crippen LogP contribution in [-0.4, -0.2) is 20.0 Å². The first-order chi connectivity index (χ1) is 11.1. The van der Waals surface area contributed by atoms with Crippen LogP contribution in [0.5, 0.6) is 0 Å². The number of fused-ring (bicyclic) bond motifs is 1. The van der Waals surface area contributed by atoms with Crippen molar-refractivity contribution < 1.29 is 4.79 Å². The van der Waals surface area contributed by atoms with E-state index in [0.29, 0.717) is 18.7 Å². The number of benzene rings is 1. The molecule has 2 heterocycles. The van der Waals surface area contributed by atoms with E-state index < -0.39 is 0 Å². The van der Waals surface area contributed by atoms with Gasteiger partial charge >= 0.3 is 0 Å². The summed E-state index contributed by atoms with van der Waals surface area (Å²) in [5.41, 5.74) is 3.09. The van der Waals surface area contributed by atoms with Gasteiger partial charge in [-0.15, -0.1) is 11.3 Å². The summed E-state index contributed by atoms with van der Waals surface area (Å²) in [4.78, 5) is 16.6. The molecule has 2 N–H and O–H groups in total. The van der Waals surface area contributed by atoms with Crippen LogP contribution in [0, 0.1) is 12.3 Å². The van der Waals surface area contributed by atoms with Gasteiger partial charge < -0.3 is 14.5 Å². The molecule has 0 atom stereocenters. The molecule has 1 aromatic carbocycles. The van der Waals surface area contributed by atoms with Gasteiger partial charge in [0.25, 0.3) is 0 Å². The standard InChI is InChI=1S/C16H19N5OS/c1-3-20-13-6-4-5-7-14(13)21(16(20)17)9-15(22)18-8-12-10-23-11(2)19-12/h4-7,10,17H,3,8-9H2,1-2H3,(H,18,22). The lowest BCUT2D eigenvalue weighted by molar-refractivity contribution is -0.121. The fourth-order valence-corrected chi connectivity index (χ4v) is 3.27. The Kier molecular flexibility index (Phi) is 4.29. The van der Waals surface area contributed by atoms with Gasteiger partial charge in [-0.2, -0.15) is 0 Å². The van der Waals surface area contributed by atoms with E-state index in [1.807, 2.05) is 48.1 Å². The molecule has 0 aliphatic heterocycles. The Hall–Kier alpha value is -2.41. The summed E-state index contributed by atoms with van der Waals surface area (Å²) < 4.78 is 3.63. The molecule has 0 unspecified atom stereocenters. The smallest absolute Gasteiger partial charge is 0.240 e. The highest BCUT2D eigenvalue weighted by atomic mass is 32.1. The van der Waals surface area contributed by atoms with E-state index in [0.717, 1.165) is 21.7 Å². The number of para-hydroxylation sites is 2. The molecule has 7 heteroatoms. The number of aryl methyl sites for hydroxylation is 2. The Labute approximate surface area is 137 Å². The molecule has 0 spiro atoms. The van der Waals surface area contributed by atoms with Crippen molar-refractivity contribution in [1.82, 2.24) is 19.4 Å². The number of imidazole rings is 1. The number of nitrogens with zero attached hydrogens (tertiary/aromatic N) is 3. The largest absolute Gasteiger partial charge is 0.349 e. The number of amides is 1. The zero-order valence-corrected chi connectivity index (χ0v) is 14.0. The van der Waals surface area contributed by atoms with Crippen molar-refractivity contribution in [2.45, 2.75) is 33.5 Å². The predicted octanol–water partition coefficient (Wildman–Crippen LogP) is 2.02. The first kappa shape index (κ1) is 15.5. The monoisotopic (exact) mass is 329 g/mol. The van der Waals surface area contributed by atoms with E-state index in [4.69, 9.17) is 5.41 Å². The highest BCUT2D eigenvalue weighted by molar-refractivity contribution is 7.09. The van der Waals surface area contributed by atoms with Gasteiger partial charge in [-0.1, -0.05) is 12.1 Å².